The smallest absolute Gasteiger partial charge is 0.0228 e. The molecule has 0 fully saturated rings. The summed E-state index contributed by atoms with van der Waals surface area (Å²) in [7, 11) is 0. The van der Waals surface area contributed by atoms with Crippen LogP contribution >= 0.6 is 27.9 Å². The van der Waals surface area contributed by atoms with Crippen molar-refractivity contribution in [2.45, 2.75) is 4.90 Å². The summed E-state index contributed by atoms with van der Waals surface area (Å²) in [6.07, 6.45) is 0. The van der Waals surface area contributed by atoms with Gasteiger partial charge in [-0.05, 0) is 24.1 Å². The van der Waals surface area contributed by atoms with E-state index in [2.05, 4.69) is 32.8 Å². The second-order valence-electron chi connectivity index (χ2n) is 2.00. The molecule has 1 N–H and O–H groups in total. The van der Waals surface area contributed by atoms with E-state index in [0.29, 0.717) is 0 Å². The first-order valence-corrected chi connectivity index (χ1v) is 5.38. The predicted octanol–water partition coefficient (Wildman–Crippen LogP) is 2.68. The first-order valence-electron chi connectivity index (χ1n) is 3.44. The first-order chi connectivity index (χ1) is 5.43. The summed E-state index contributed by atoms with van der Waals surface area (Å²) in [5, 5.41) is 0.993. The topological polar surface area (TPSA) is 12.0 Å². The van der Waals surface area contributed by atoms with Gasteiger partial charge in [0.25, 0.3) is 0 Å². The lowest BCUT2D eigenvalue weighted by atomic mass is 10.4. The summed E-state index contributed by atoms with van der Waals surface area (Å²) in [6, 6.07) is 10.3. The van der Waals surface area contributed by atoms with Crippen molar-refractivity contribution in [1.29, 1.82) is 0 Å². The zero-order valence-corrected chi connectivity index (χ0v) is 8.49. The molecule has 0 saturated heterocycles. The molecular formula is C8H10BrNS. The fourth-order valence-electron chi connectivity index (χ4n) is 0.661. The highest BCUT2D eigenvalue weighted by atomic mass is 79.9. The zero-order valence-electron chi connectivity index (χ0n) is 6.09. The van der Waals surface area contributed by atoms with E-state index in [0.717, 1.165) is 11.9 Å². The van der Waals surface area contributed by atoms with Crippen LogP contribution in [0, 0.1) is 0 Å². The average Bonchev–Trinajstić information content (AvgIpc) is 2.07. The number of alkyl halides is 1. The molecule has 0 unspecified atom stereocenters. The summed E-state index contributed by atoms with van der Waals surface area (Å²) in [6.45, 7) is 0.986. The quantitative estimate of drug-likeness (QED) is 0.486. The highest BCUT2D eigenvalue weighted by Crippen LogP contribution is 2.12. The Labute approximate surface area is 79.8 Å². The van der Waals surface area contributed by atoms with Crippen LogP contribution in [0.1, 0.15) is 0 Å². The Balaban J connectivity index is 2.28. The van der Waals surface area contributed by atoms with Crippen molar-refractivity contribution in [3.05, 3.63) is 30.3 Å². The van der Waals surface area contributed by atoms with E-state index >= 15 is 0 Å². The van der Waals surface area contributed by atoms with Crippen molar-refractivity contribution < 1.29 is 0 Å². The fourth-order valence-corrected chi connectivity index (χ4v) is 1.79. The van der Waals surface area contributed by atoms with Crippen molar-refractivity contribution >= 4 is 27.9 Å². The molecule has 1 rings (SSSR count). The average molecular weight is 232 g/mol. The molecule has 0 radical (unpaired) electrons. The monoisotopic (exact) mass is 231 g/mol. The van der Waals surface area contributed by atoms with E-state index in [1.165, 1.54) is 4.90 Å². The molecular weight excluding hydrogens is 222 g/mol. The molecule has 0 atom stereocenters. The molecule has 3 heteroatoms. The van der Waals surface area contributed by atoms with Crippen LogP contribution in [-0.2, 0) is 0 Å². The molecule has 1 aromatic carbocycles. The van der Waals surface area contributed by atoms with Crippen molar-refractivity contribution in [1.82, 2.24) is 4.72 Å². The number of hydrogen-bond donors (Lipinski definition) is 1. The molecule has 0 aliphatic rings. The third-order valence-corrected chi connectivity index (χ3v) is 2.38. The third kappa shape index (κ3) is 3.79. The van der Waals surface area contributed by atoms with Gasteiger partial charge in [0, 0.05) is 16.8 Å². The Hall–Kier alpha value is 0.0100. The van der Waals surface area contributed by atoms with Crippen LogP contribution in [0.4, 0.5) is 0 Å². The van der Waals surface area contributed by atoms with Gasteiger partial charge in [-0.25, -0.2) is 0 Å². The van der Waals surface area contributed by atoms with Crippen LogP contribution in [0.25, 0.3) is 0 Å². The van der Waals surface area contributed by atoms with Crippen molar-refractivity contribution in [3.63, 3.8) is 0 Å². The maximum atomic E-state index is 3.35. The van der Waals surface area contributed by atoms with Crippen molar-refractivity contribution in [2.75, 3.05) is 11.9 Å². The lowest BCUT2D eigenvalue weighted by Gasteiger charge is -1.99. The van der Waals surface area contributed by atoms with Crippen LogP contribution in [0.15, 0.2) is 35.2 Å². The number of nitrogens with one attached hydrogen (secondary N) is 1. The summed E-state index contributed by atoms with van der Waals surface area (Å²) in [5.74, 6) is 0. The van der Waals surface area contributed by atoms with Crippen LogP contribution in [-0.4, -0.2) is 11.9 Å². The van der Waals surface area contributed by atoms with Crippen LogP contribution in [0.3, 0.4) is 0 Å². The minimum atomic E-state index is 0.986. The van der Waals surface area contributed by atoms with Gasteiger partial charge in [0.2, 0.25) is 0 Å². The van der Waals surface area contributed by atoms with Gasteiger partial charge in [-0.2, -0.15) is 0 Å². The highest BCUT2D eigenvalue weighted by molar-refractivity contribution is 9.09. The summed E-state index contributed by atoms with van der Waals surface area (Å²) < 4.78 is 3.22. The van der Waals surface area contributed by atoms with Gasteiger partial charge in [-0.1, -0.05) is 34.1 Å². The van der Waals surface area contributed by atoms with Gasteiger partial charge in [0.1, 0.15) is 0 Å². The Morgan fingerprint density at radius 2 is 2.00 bits per heavy atom. The number of rotatable bonds is 4. The van der Waals surface area contributed by atoms with E-state index in [4.69, 9.17) is 0 Å². The summed E-state index contributed by atoms with van der Waals surface area (Å²) >= 11 is 5.01. The molecule has 0 aliphatic heterocycles. The number of benzene rings is 1. The van der Waals surface area contributed by atoms with Crippen molar-refractivity contribution in [3.8, 4) is 0 Å². The van der Waals surface area contributed by atoms with Crippen LogP contribution in [0.5, 0.6) is 0 Å². The standard InChI is InChI=1S/C8H10BrNS/c9-6-7-10-11-8-4-2-1-3-5-8/h1-5,10H,6-7H2. The zero-order chi connectivity index (χ0) is 7.94. The highest BCUT2D eigenvalue weighted by Gasteiger charge is 1.88. The van der Waals surface area contributed by atoms with Gasteiger partial charge < -0.3 is 0 Å². The van der Waals surface area contributed by atoms with Gasteiger partial charge in [-0.15, -0.1) is 0 Å². The summed E-state index contributed by atoms with van der Waals surface area (Å²) in [4.78, 5) is 1.26. The van der Waals surface area contributed by atoms with Gasteiger partial charge in [-0.3, -0.25) is 4.72 Å². The van der Waals surface area contributed by atoms with E-state index in [9.17, 15) is 0 Å². The van der Waals surface area contributed by atoms with E-state index in [-0.39, 0.29) is 0 Å². The van der Waals surface area contributed by atoms with Gasteiger partial charge in [0.05, 0.1) is 0 Å². The second-order valence-corrected chi connectivity index (χ2v) is 3.76. The molecule has 0 spiro atoms. The molecule has 0 bridgehead atoms. The molecule has 0 aliphatic carbocycles. The normalized spacial score (nSPS) is 9.91. The van der Waals surface area contributed by atoms with E-state index in [1.807, 2.05) is 18.2 Å². The molecule has 60 valence electrons. The third-order valence-electron chi connectivity index (χ3n) is 1.13. The fraction of sp³-hybridized carbons (Fsp3) is 0.250. The molecule has 0 saturated carbocycles. The largest absolute Gasteiger partial charge is 0.259 e. The SMILES string of the molecule is BrCCNSc1ccccc1. The summed E-state index contributed by atoms with van der Waals surface area (Å²) in [5.41, 5.74) is 0. The molecule has 0 heterocycles. The maximum Gasteiger partial charge on any atom is 0.0228 e. The molecule has 0 aromatic heterocycles. The Morgan fingerprint density at radius 3 is 2.64 bits per heavy atom. The van der Waals surface area contributed by atoms with Gasteiger partial charge in [0.15, 0.2) is 0 Å². The van der Waals surface area contributed by atoms with Crippen LogP contribution < -0.4 is 4.72 Å². The van der Waals surface area contributed by atoms with E-state index in [1.54, 1.807) is 11.9 Å². The van der Waals surface area contributed by atoms with Gasteiger partial charge >= 0.3 is 0 Å². The molecule has 11 heavy (non-hydrogen) atoms. The molecule has 0 amide bonds. The van der Waals surface area contributed by atoms with Crippen LogP contribution in [0.2, 0.25) is 0 Å². The number of hydrogen-bond acceptors (Lipinski definition) is 2. The second kappa shape index (κ2) is 5.63. The van der Waals surface area contributed by atoms with E-state index < -0.39 is 0 Å². The lowest BCUT2D eigenvalue weighted by Crippen LogP contribution is -2.05. The maximum absolute atomic E-state index is 3.35. The first kappa shape index (κ1) is 9.10. The molecule has 1 aromatic rings. The Bertz CT molecular complexity index is 191. The minimum Gasteiger partial charge on any atom is -0.259 e. The number of halogens is 1. The predicted molar refractivity (Wildman–Crippen MR) is 54.1 cm³/mol. The minimum absolute atomic E-state index is 0.986. The Morgan fingerprint density at radius 1 is 1.27 bits per heavy atom. The molecule has 1 nitrogen and oxygen atoms in total. The van der Waals surface area contributed by atoms with Crippen molar-refractivity contribution in [2.24, 2.45) is 0 Å². The lowest BCUT2D eigenvalue weighted by molar-refractivity contribution is 1.05. The Kier molecular flexibility index (Phi) is 4.66.